The van der Waals surface area contributed by atoms with E-state index in [9.17, 15) is 0 Å². The maximum Gasteiger partial charge on any atom is 0.0402 e. The largest absolute Gasteiger partial charge is 0.400 e. The first kappa shape index (κ1) is 41.4. The molecule has 3 aliphatic rings. The second-order valence-electron chi connectivity index (χ2n) is 10.9. The van der Waals surface area contributed by atoms with Gasteiger partial charge in [-0.05, 0) is 6.92 Å². The first-order valence-corrected chi connectivity index (χ1v) is 16.9. The van der Waals surface area contributed by atoms with Crippen LogP contribution in [-0.2, 0) is 0 Å². The van der Waals surface area contributed by atoms with E-state index in [4.69, 9.17) is 15.3 Å². The monoisotopic (exact) mass is 531 g/mol. The fourth-order valence-corrected chi connectivity index (χ4v) is 5.30. The highest BCUT2D eigenvalue weighted by molar-refractivity contribution is 4.53. The zero-order chi connectivity index (χ0) is 27.9. The molecule has 3 heteroatoms. The Morgan fingerprint density at radius 2 is 0.270 bits per heavy atom. The lowest BCUT2D eigenvalue weighted by atomic mass is 10.0. The molecule has 37 heavy (non-hydrogen) atoms. The third-order valence-corrected chi connectivity index (χ3v) is 7.50. The fourth-order valence-electron chi connectivity index (χ4n) is 5.30. The predicted molar refractivity (Wildman–Crippen MR) is 168 cm³/mol. The van der Waals surface area contributed by atoms with E-state index in [1.807, 2.05) is 0 Å². The van der Waals surface area contributed by atoms with Crippen molar-refractivity contribution in [2.24, 2.45) is 0 Å². The van der Waals surface area contributed by atoms with E-state index in [0.717, 1.165) is 14.2 Å². The lowest BCUT2D eigenvalue weighted by molar-refractivity contribution is 0.318. The Hall–Kier alpha value is -0.120. The molecule has 0 amide bonds. The average molecular weight is 531 g/mol. The summed E-state index contributed by atoms with van der Waals surface area (Å²) in [5.74, 6) is 0. The predicted octanol–water partition coefficient (Wildman–Crippen LogP) is 10.9. The molecule has 0 aliphatic heterocycles. The Kier molecular flexibility index (Phi) is 51.2. The van der Waals surface area contributed by atoms with Gasteiger partial charge in [0.1, 0.15) is 0 Å². The first-order chi connectivity index (χ1) is 18.4. The minimum Gasteiger partial charge on any atom is -0.400 e. The Labute approximate surface area is 235 Å². The third kappa shape index (κ3) is 46.1. The van der Waals surface area contributed by atoms with Crippen LogP contribution in [0.1, 0.15) is 200 Å². The second-order valence-corrected chi connectivity index (χ2v) is 10.9. The van der Waals surface area contributed by atoms with Crippen LogP contribution in [0.25, 0.3) is 0 Å². The lowest BCUT2D eigenvalue weighted by Crippen LogP contribution is -1.85. The van der Waals surface area contributed by atoms with E-state index in [2.05, 4.69) is 0 Å². The van der Waals surface area contributed by atoms with Crippen molar-refractivity contribution in [2.45, 2.75) is 200 Å². The van der Waals surface area contributed by atoms with Crippen molar-refractivity contribution in [1.29, 1.82) is 0 Å². The average Bonchev–Trinajstić information content (AvgIpc) is 2.97. The molecule has 0 spiro atoms. The molecule has 3 rings (SSSR count). The highest BCUT2D eigenvalue weighted by atomic mass is 16.2. The highest BCUT2D eigenvalue weighted by Gasteiger charge is 1.97. The Morgan fingerprint density at radius 3 is 0.297 bits per heavy atom. The minimum absolute atomic E-state index is 0.250. The summed E-state index contributed by atoms with van der Waals surface area (Å²) in [6.45, 7) is 1.93. The van der Waals surface area contributed by atoms with Crippen LogP contribution < -0.4 is 0 Å². The third-order valence-electron chi connectivity index (χ3n) is 7.50. The van der Waals surface area contributed by atoms with E-state index in [1.165, 1.54) is 193 Å². The van der Waals surface area contributed by atoms with Gasteiger partial charge in [-0.25, -0.2) is 0 Å². The molecule has 0 radical (unpaired) electrons. The van der Waals surface area contributed by atoms with E-state index >= 15 is 0 Å². The summed E-state index contributed by atoms with van der Waals surface area (Å²) in [7, 11) is 2.00. The maximum absolute atomic E-state index is 7.57. The van der Waals surface area contributed by atoms with Crippen LogP contribution in [0.4, 0.5) is 0 Å². The van der Waals surface area contributed by atoms with Crippen LogP contribution in [0.5, 0.6) is 0 Å². The molecule has 3 aliphatic carbocycles. The van der Waals surface area contributed by atoms with Crippen molar-refractivity contribution in [1.82, 2.24) is 0 Å². The normalized spacial score (nSPS) is 20.3. The summed E-state index contributed by atoms with van der Waals surface area (Å²) < 4.78 is 0. The molecule has 228 valence electrons. The number of hydrogen-bond acceptors (Lipinski definition) is 3. The first-order valence-electron chi connectivity index (χ1n) is 16.9. The summed E-state index contributed by atoms with van der Waals surface area (Å²) in [6, 6.07) is 0. The molecule has 0 aromatic rings. The lowest BCUT2D eigenvalue weighted by Gasteiger charge is -2.05. The summed E-state index contributed by atoms with van der Waals surface area (Å²) >= 11 is 0. The fraction of sp³-hybridized carbons (Fsp3) is 1.00. The van der Waals surface area contributed by atoms with Crippen molar-refractivity contribution in [3.05, 3.63) is 0 Å². The number of rotatable bonds is 0. The van der Waals surface area contributed by atoms with Gasteiger partial charge in [-0.1, -0.05) is 193 Å². The van der Waals surface area contributed by atoms with E-state index < -0.39 is 0 Å². The molecule has 0 unspecified atom stereocenters. The van der Waals surface area contributed by atoms with Gasteiger partial charge in [-0.15, -0.1) is 0 Å². The molecule has 3 nitrogen and oxygen atoms in total. The Morgan fingerprint density at radius 1 is 0.243 bits per heavy atom. The van der Waals surface area contributed by atoms with Gasteiger partial charge in [-0.3, -0.25) is 0 Å². The SMILES string of the molecule is C1CCCCCCCCC1.C1CCCCCCCCC1.C1CCCCCCCCC1.CCO.CO.CO. The van der Waals surface area contributed by atoms with Crippen molar-refractivity contribution in [2.75, 3.05) is 20.8 Å². The topological polar surface area (TPSA) is 60.7 Å². The molecular formula is C34H74O3. The summed E-state index contributed by atoms with van der Waals surface area (Å²) in [5.41, 5.74) is 0. The molecule has 0 atom stereocenters. The summed E-state index contributed by atoms with van der Waals surface area (Å²) in [6.07, 6.45) is 45.0. The second kappa shape index (κ2) is 45.8. The van der Waals surface area contributed by atoms with Crippen LogP contribution >= 0.6 is 0 Å². The molecule has 0 saturated heterocycles. The van der Waals surface area contributed by atoms with Crippen LogP contribution in [0.2, 0.25) is 0 Å². The Bertz CT molecular complexity index is 175. The van der Waals surface area contributed by atoms with Gasteiger partial charge in [0, 0.05) is 20.8 Å². The summed E-state index contributed by atoms with van der Waals surface area (Å²) in [4.78, 5) is 0. The quantitative estimate of drug-likeness (QED) is 0.292. The van der Waals surface area contributed by atoms with Crippen molar-refractivity contribution in [3.63, 3.8) is 0 Å². The van der Waals surface area contributed by atoms with Crippen LogP contribution in [0.3, 0.4) is 0 Å². The van der Waals surface area contributed by atoms with E-state index in [0.29, 0.717) is 0 Å². The molecule has 3 fully saturated rings. The molecular weight excluding hydrogens is 456 g/mol. The molecule has 0 heterocycles. The highest BCUT2D eigenvalue weighted by Crippen LogP contribution is 2.17. The minimum atomic E-state index is 0.250. The molecule has 0 aromatic heterocycles. The van der Waals surface area contributed by atoms with Gasteiger partial charge in [0.05, 0.1) is 0 Å². The standard InChI is InChI=1S/3C10H20.C2H6O.2CH4O/c3*1-2-4-6-8-10-9-7-5-3-1;1-2-3;2*1-2/h3*1-10H2;3H,2H2,1H3;2*2H,1H3. The van der Waals surface area contributed by atoms with Gasteiger partial charge in [0.2, 0.25) is 0 Å². The molecule has 3 N–H and O–H groups in total. The van der Waals surface area contributed by atoms with Gasteiger partial charge in [-0.2, -0.15) is 0 Å². The number of hydrogen-bond donors (Lipinski definition) is 3. The zero-order valence-electron chi connectivity index (χ0n) is 26.3. The maximum atomic E-state index is 7.57. The van der Waals surface area contributed by atoms with Crippen molar-refractivity contribution >= 4 is 0 Å². The van der Waals surface area contributed by atoms with E-state index in [1.54, 1.807) is 6.92 Å². The van der Waals surface area contributed by atoms with Crippen LogP contribution in [0, 0.1) is 0 Å². The Balaban J connectivity index is -0.000000417. The zero-order valence-corrected chi connectivity index (χ0v) is 26.3. The van der Waals surface area contributed by atoms with Gasteiger partial charge in [0.25, 0.3) is 0 Å². The van der Waals surface area contributed by atoms with Crippen LogP contribution in [-0.4, -0.2) is 36.1 Å². The molecule has 0 aromatic carbocycles. The molecule has 3 saturated carbocycles. The van der Waals surface area contributed by atoms with Crippen molar-refractivity contribution in [3.8, 4) is 0 Å². The smallest absolute Gasteiger partial charge is 0.0402 e. The number of aliphatic hydroxyl groups excluding tert-OH is 3. The summed E-state index contributed by atoms with van der Waals surface area (Å²) in [5, 5.41) is 21.6. The van der Waals surface area contributed by atoms with Gasteiger partial charge in [0.15, 0.2) is 0 Å². The van der Waals surface area contributed by atoms with Crippen LogP contribution in [0.15, 0.2) is 0 Å². The van der Waals surface area contributed by atoms with Crippen molar-refractivity contribution < 1.29 is 15.3 Å². The van der Waals surface area contributed by atoms with Gasteiger partial charge >= 0.3 is 0 Å². The molecule has 0 bridgehead atoms. The van der Waals surface area contributed by atoms with E-state index in [-0.39, 0.29) is 6.61 Å². The van der Waals surface area contributed by atoms with Gasteiger partial charge < -0.3 is 15.3 Å². The number of aliphatic hydroxyl groups is 3.